The second-order valence-electron chi connectivity index (χ2n) is 7.55. The van der Waals surface area contributed by atoms with Crippen LogP contribution in [-0.4, -0.2) is 24.2 Å². The van der Waals surface area contributed by atoms with E-state index >= 15 is 0 Å². The lowest BCUT2D eigenvalue weighted by atomic mass is 10.1. The number of nitrogens with one attached hydrogen (secondary N) is 2. The minimum Gasteiger partial charge on any atom is -0.460 e. The topological polar surface area (TPSA) is 74.2 Å². The number of ether oxygens (including phenoxy) is 1. The van der Waals surface area contributed by atoms with Crippen LogP contribution in [0.4, 0.5) is 5.69 Å². The Kier molecular flexibility index (Phi) is 7.86. The SMILES string of the molecule is CC(C)(C)OC(=O)C[C@@H](CNCc1ccccc1)Nc1ccc(C#N)c(Cl)c1. The number of rotatable bonds is 8. The van der Waals surface area contributed by atoms with E-state index in [-0.39, 0.29) is 18.4 Å². The monoisotopic (exact) mass is 399 g/mol. The van der Waals surface area contributed by atoms with Gasteiger partial charge >= 0.3 is 5.97 Å². The van der Waals surface area contributed by atoms with Gasteiger partial charge in [-0.25, -0.2) is 0 Å². The molecule has 0 fully saturated rings. The molecule has 0 radical (unpaired) electrons. The van der Waals surface area contributed by atoms with Gasteiger partial charge in [-0.2, -0.15) is 5.26 Å². The lowest BCUT2D eigenvalue weighted by Gasteiger charge is -2.24. The van der Waals surface area contributed by atoms with Gasteiger partial charge in [-0.1, -0.05) is 41.9 Å². The number of esters is 1. The van der Waals surface area contributed by atoms with Crippen molar-refractivity contribution in [2.24, 2.45) is 0 Å². The summed E-state index contributed by atoms with van der Waals surface area (Å²) in [4.78, 5) is 12.3. The molecular weight excluding hydrogens is 374 g/mol. The molecule has 0 aliphatic rings. The number of halogens is 1. The normalized spacial score (nSPS) is 12.1. The quantitative estimate of drug-likeness (QED) is 0.638. The maximum Gasteiger partial charge on any atom is 0.308 e. The van der Waals surface area contributed by atoms with Gasteiger partial charge in [0.2, 0.25) is 0 Å². The third kappa shape index (κ3) is 7.59. The van der Waals surface area contributed by atoms with Crippen molar-refractivity contribution in [2.75, 3.05) is 11.9 Å². The first-order valence-electron chi connectivity index (χ1n) is 9.19. The summed E-state index contributed by atoms with van der Waals surface area (Å²) in [5.41, 5.74) is 1.80. The van der Waals surface area contributed by atoms with Crippen LogP contribution in [0.3, 0.4) is 0 Å². The Balaban J connectivity index is 2.03. The minimum atomic E-state index is -0.531. The Bertz CT molecular complexity index is 826. The Morgan fingerprint density at radius 3 is 2.54 bits per heavy atom. The summed E-state index contributed by atoms with van der Waals surface area (Å²) in [6.07, 6.45) is 0.205. The summed E-state index contributed by atoms with van der Waals surface area (Å²) in [7, 11) is 0. The Morgan fingerprint density at radius 2 is 1.93 bits per heavy atom. The minimum absolute atomic E-state index is 0.192. The summed E-state index contributed by atoms with van der Waals surface area (Å²) < 4.78 is 5.45. The van der Waals surface area contributed by atoms with Gasteiger partial charge in [0.25, 0.3) is 0 Å². The van der Waals surface area contributed by atoms with Crippen molar-refractivity contribution in [1.29, 1.82) is 5.26 Å². The smallest absolute Gasteiger partial charge is 0.308 e. The van der Waals surface area contributed by atoms with E-state index in [0.29, 0.717) is 23.7 Å². The van der Waals surface area contributed by atoms with Crippen molar-refractivity contribution in [3.63, 3.8) is 0 Å². The van der Waals surface area contributed by atoms with E-state index in [1.807, 2.05) is 57.2 Å². The zero-order chi connectivity index (χ0) is 20.6. The highest BCUT2D eigenvalue weighted by atomic mass is 35.5. The third-order valence-electron chi connectivity index (χ3n) is 3.86. The first kappa shape index (κ1) is 21.7. The lowest BCUT2D eigenvalue weighted by Crippen LogP contribution is -2.36. The Labute approximate surface area is 171 Å². The molecule has 0 saturated heterocycles. The molecule has 5 nitrogen and oxygen atoms in total. The predicted octanol–water partition coefficient (Wildman–Crippen LogP) is 4.51. The molecule has 1 atom stereocenters. The van der Waals surface area contributed by atoms with Crippen LogP contribution in [0.2, 0.25) is 5.02 Å². The number of hydrogen-bond acceptors (Lipinski definition) is 5. The second-order valence-corrected chi connectivity index (χ2v) is 7.96. The molecule has 28 heavy (non-hydrogen) atoms. The van der Waals surface area contributed by atoms with Crippen LogP contribution in [0.1, 0.15) is 38.3 Å². The van der Waals surface area contributed by atoms with E-state index in [4.69, 9.17) is 21.6 Å². The van der Waals surface area contributed by atoms with Gasteiger partial charge < -0.3 is 15.4 Å². The van der Waals surface area contributed by atoms with Crippen LogP contribution >= 0.6 is 11.6 Å². The van der Waals surface area contributed by atoms with Crippen molar-refractivity contribution >= 4 is 23.3 Å². The van der Waals surface area contributed by atoms with E-state index in [1.165, 1.54) is 5.56 Å². The summed E-state index contributed by atoms with van der Waals surface area (Å²) in [5.74, 6) is -0.272. The Hall–Kier alpha value is -2.55. The van der Waals surface area contributed by atoms with Gasteiger partial charge in [-0.3, -0.25) is 4.79 Å². The van der Waals surface area contributed by atoms with E-state index in [0.717, 1.165) is 5.69 Å². The first-order chi connectivity index (χ1) is 13.3. The summed E-state index contributed by atoms with van der Waals surface area (Å²) >= 11 is 6.12. The van der Waals surface area contributed by atoms with E-state index in [1.54, 1.807) is 18.2 Å². The summed E-state index contributed by atoms with van der Waals surface area (Å²) in [5, 5.41) is 16.1. The molecule has 2 aromatic carbocycles. The molecule has 2 N–H and O–H groups in total. The van der Waals surface area contributed by atoms with Crippen LogP contribution in [0.15, 0.2) is 48.5 Å². The predicted molar refractivity (Wildman–Crippen MR) is 112 cm³/mol. The lowest BCUT2D eigenvalue weighted by molar-refractivity contribution is -0.155. The molecular formula is C22H26ClN3O2. The highest BCUT2D eigenvalue weighted by Crippen LogP contribution is 2.21. The highest BCUT2D eigenvalue weighted by Gasteiger charge is 2.20. The number of carbonyl (C=O) groups excluding carboxylic acids is 1. The van der Waals surface area contributed by atoms with E-state index in [9.17, 15) is 4.79 Å². The largest absolute Gasteiger partial charge is 0.460 e. The van der Waals surface area contributed by atoms with Crippen LogP contribution < -0.4 is 10.6 Å². The van der Waals surface area contributed by atoms with Crippen LogP contribution in [0.5, 0.6) is 0 Å². The number of benzene rings is 2. The molecule has 0 amide bonds. The van der Waals surface area contributed by atoms with Gasteiger partial charge in [0.1, 0.15) is 11.7 Å². The number of nitriles is 1. The van der Waals surface area contributed by atoms with Gasteiger partial charge in [-0.15, -0.1) is 0 Å². The Morgan fingerprint density at radius 1 is 1.21 bits per heavy atom. The van der Waals surface area contributed by atoms with Gasteiger partial charge in [-0.05, 0) is 44.5 Å². The maximum atomic E-state index is 12.3. The van der Waals surface area contributed by atoms with Crippen LogP contribution in [-0.2, 0) is 16.1 Å². The molecule has 0 heterocycles. The maximum absolute atomic E-state index is 12.3. The van der Waals surface area contributed by atoms with Gasteiger partial charge in [0.15, 0.2) is 0 Å². The molecule has 0 aliphatic carbocycles. The highest BCUT2D eigenvalue weighted by molar-refractivity contribution is 6.32. The molecule has 2 aromatic rings. The van der Waals surface area contributed by atoms with Crippen molar-refractivity contribution in [3.8, 4) is 6.07 Å². The van der Waals surface area contributed by atoms with Crippen molar-refractivity contribution < 1.29 is 9.53 Å². The van der Waals surface area contributed by atoms with Gasteiger partial charge in [0.05, 0.1) is 17.0 Å². The summed E-state index contributed by atoms with van der Waals surface area (Å²) in [6, 6.07) is 17.0. The average molecular weight is 400 g/mol. The fourth-order valence-corrected chi connectivity index (χ4v) is 2.90. The fourth-order valence-electron chi connectivity index (χ4n) is 2.68. The molecule has 6 heteroatoms. The molecule has 0 aromatic heterocycles. The number of anilines is 1. The van der Waals surface area contributed by atoms with E-state index < -0.39 is 5.60 Å². The zero-order valence-electron chi connectivity index (χ0n) is 16.5. The molecule has 0 bridgehead atoms. The molecule has 148 valence electrons. The molecule has 0 saturated carbocycles. The van der Waals surface area contributed by atoms with E-state index in [2.05, 4.69) is 10.6 Å². The van der Waals surface area contributed by atoms with Crippen molar-refractivity contribution in [1.82, 2.24) is 5.32 Å². The van der Waals surface area contributed by atoms with Crippen molar-refractivity contribution in [3.05, 3.63) is 64.7 Å². The second kappa shape index (κ2) is 10.1. The van der Waals surface area contributed by atoms with Crippen LogP contribution in [0.25, 0.3) is 0 Å². The summed E-state index contributed by atoms with van der Waals surface area (Å²) in [6.45, 7) is 6.80. The van der Waals surface area contributed by atoms with Gasteiger partial charge in [0, 0.05) is 24.8 Å². The average Bonchev–Trinajstić information content (AvgIpc) is 2.61. The fraction of sp³-hybridized carbons (Fsp3) is 0.364. The molecule has 0 aliphatic heterocycles. The number of nitrogens with zero attached hydrogens (tertiary/aromatic N) is 1. The number of hydrogen-bond donors (Lipinski definition) is 2. The third-order valence-corrected chi connectivity index (χ3v) is 4.17. The first-order valence-corrected chi connectivity index (χ1v) is 9.57. The van der Waals surface area contributed by atoms with Crippen LogP contribution in [0, 0.1) is 11.3 Å². The standard InChI is InChI=1S/C22H26ClN3O2/c1-22(2,3)28-21(27)12-19(15-25-14-16-7-5-4-6-8-16)26-18-10-9-17(13-24)20(23)11-18/h4-11,19,25-26H,12,14-15H2,1-3H3/t19-/m0/s1. The number of carbonyl (C=O) groups is 1. The van der Waals surface area contributed by atoms with Crippen molar-refractivity contribution in [2.45, 2.75) is 45.4 Å². The molecule has 0 unspecified atom stereocenters. The molecule has 0 spiro atoms. The molecule has 2 rings (SSSR count). The zero-order valence-corrected chi connectivity index (χ0v) is 17.2.